The molecule has 202 valence electrons. The second kappa shape index (κ2) is 10.8. The van der Waals surface area contributed by atoms with Crippen LogP contribution in [0.25, 0.3) is 0 Å². The number of halogens is 7. The summed E-state index contributed by atoms with van der Waals surface area (Å²) < 4.78 is 111. The molecule has 0 saturated heterocycles. The summed E-state index contributed by atoms with van der Waals surface area (Å²) in [7, 11) is 2.06. The summed E-state index contributed by atoms with van der Waals surface area (Å²) in [6.07, 6.45) is -9.23. The zero-order chi connectivity index (χ0) is 28.3. The molecular weight excluding hydrogens is 535 g/mol. The van der Waals surface area contributed by atoms with E-state index in [0.717, 1.165) is 44.7 Å². The highest BCUT2D eigenvalue weighted by Gasteiger charge is 2.38. The molecule has 0 unspecified atom stereocenters. The van der Waals surface area contributed by atoms with Crippen LogP contribution in [0.4, 0.5) is 36.6 Å². The van der Waals surface area contributed by atoms with Crippen LogP contribution in [0, 0.1) is 5.82 Å². The van der Waals surface area contributed by atoms with E-state index in [1.165, 1.54) is 0 Å². The average molecular weight is 549 g/mol. The third kappa shape index (κ3) is 6.57. The number of carbonyl (C=O) groups is 2. The van der Waals surface area contributed by atoms with Gasteiger partial charge in [-0.15, -0.1) is 13.2 Å². The molecule has 0 saturated carbocycles. The molecule has 0 radical (unpaired) electrons. The fourth-order valence-electron chi connectivity index (χ4n) is 2.92. The average Bonchev–Trinajstić information content (AvgIpc) is 2.82. The predicted molar refractivity (Wildman–Crippen MR) is 112 cm³/mol. The van der Waals surface area contributed by atoms with Gasteiger partial charge in [0.1, 0.15) is 22.9 Å². The molecule has 1 heterocycles. The quantitative estimate of drug-likeness (QED) is 0.310. The summed E-state index contributed by atoms with van der Waals surface area (Å²) in [5, 5.41) is 2.03. The number of carbonyl (C=O) groups excluding carboxylic acids is 2. The van der Waals surface area contributed by atoms with E-state index >= 15 is 4.39 Å². The van der Waals surface area contributed by atoms with Gasteiger partial charge in [0.05, 0.1) is 19.8 Å². The Hall–Kier alpha value is -4.63. The lowest BCUT2D eigenvalue weighted by molar-refractivity contribution is -0.274. The number of anilines is 1. The van der Waals surface area contributed by atoms with Gasteiger partial charge in [0.2, 0.25) is 5.82 Å². The Morgan fingerprint density at radius 3 is 2.21 bits per heavy atom. The van der Waals surface area contributed by atoms with Crippen molar-refractivity contribution >= 4 is 17.7 Å². The molecule has 0 atom stereocenters. The Morgan fingerprint density at radius 1 is 0.921 bits per heavy atom. The number of ether oxygens (including phenoxy) is 4. The first kappa shape index (κ1) is 27.9. The van der Waals surface area contributed by atoms with Crippen LogP contribution >= 0.6 is 0 Å². The molecule has 0 bridgehead atoms. The molecular formula is C22H14F7N3O6. The predicted octanol–water partition coefficient (Wildman–Crippen LogP) is 5.37. The normalized spacial score (nSPS) is 11.5. The second-order valence-electron chi connectivity index (χ2n) is 6.97. The molecule has 0 aliphatic heterocycles. The maximum absolute atomic E-state index is 15.0. The Kier molecular flexibility index (Phi) is 7.93. The number of nitrogens with zero attached hydrogens (tertiary/aromatic N) is 2. The van der Waals surface area contributed by atoms with Crippen molar-refractivity contribution in [2.45, 2.75) is 12.5 Å². The van der Waals surface area contributed by atoms with E-state index in [9.17, 15) is 35.9 Å². The van der Waals surface area contributed by atoms with Crippen LogP contribution in [0.5, 0.6) is 23.0 Å². The first-order valence-corrected chi connectivity index (χ1v) is 9.97. The van der Waals surface area contributed by atoms with Crippen molar-refractivity contribution in [1.82, 2.24) is 9.97 Å². The van der Waals surface area contributed by atoms with Crippen LogP contribution in [-0.4, -0.2) is 42.4 Å². The summed E-state index contributed by atoms with van der Waals surface area (Å²) in [4.78, 5) is 31.7. The van der Waals surface area contributed by atoms with Gasteiger partial charge < -0.3 is 24.3 Å². The summed E-state index contributed by atoms with van der Waals surface area (Å²) in [5.74, 6) is -7.69. The highest BCUT2D eigenvalue weighted by Crippen LogP contribution is 2.40. The Labute approximate surface area is 208 Å². The molecule has 0 fully saturated rings. The van der Waals surface area contributed by atoms with Gasteiger partial charge >= 0.3 is 18.5 Å². The monoisotopic (exact) mass is 549 g/mol. The number of hydrogen-bond donors (Lipinski definition) is 1. The maximum atomic E-state index is 15.0. The highest BCUT2D eigenvalue weighted by atomic mass is 19.4. The van der Waals surface area contributed by atoms with E-state index in [0.29, 0.717) is 12.1 Å². The minimum atomic E-state index is -5.21. The van der Waals surface area contributed by atoms with Gasteiger partial charge in [-0.2, -0.15) is 13.2 Å². The lowest BCUT2D eigenvalue weighted by Gasteiger charge is -2.17. The first-order chi connectivity index (χ1) is 17.7. The molecule has 0 spiro atoms. The van der Waals surface area contributed by atoms with Crippen molar-refractivity contribution in [1.29, 1.82) is 0 Å². The highest BCUT2D eigenvalue weighted by molar-refractivity contribution is 6.06. The number of aromatic nitrogens is 2. The lowest BCUT2D eigenvalue weighted by atomic mass is 10.1. The van der Waals surface area contributed by atoms with Gasteiger partial charge in [-0.05, 0) is 30.3 Å². The molecule has 1 N–H and O–H groups in total. The molecule has 0 aliphatic carbocycles. The van der Waals surface area contributed by atoms with Crippen LogP contribution in [0.15, 0.2) is 42.6 Å². The fraction of sp³-hybridized carbons (Fsp3) is 0.182. The zero-order valence-electron chi connectivity index (χ0n) is 19.0. The van der Waals surface area contributed by atoms with Crippen molar-refractivity contribution in [2.75, 3.05) is 19.5 Å². The molecule has 3 rings (SSSR count). The molecule has 3 aromatic rings. The molecule has 16 heteroatoms. The summed E-state index contributed by atoms with van der Waals surface area (Å²) >= 11 is 0. The number of alkyl halides is 6. The van der Waals surface area contributed by atoms with E-state index in [2.05, 4.69) is 19.4 Å². The van der Waals surface area contributed by atoms with Gasteiger partial charge in [-0.1, -0.05) is 0 Å². The number of amides is 1. The van der Waals surface area contributed by atoms with E-state index in [4.69, 9.17) is 9.47 Å². The maximum Gasteiger partial charge on any atom is 0.573 e. The van der Waals surface area contributed by atoms with Gasteiger partial charge in [0.25, 0.3) is 5.91 Å². The lowest BCUT2D eigenvalue weighted by Crippen LogP contribution is -2.20. The topological polar surface area (TPSA) is 109 Å². The molecule has 0 aliphatic rings. The smallest absolute Gasteiger partial charge is 0.493 e. The number of esters is 1. The number of rotatable bonds is 7. The van der Waals surface area contributed by atoms with Crippen LogP contribution in [0.3, 0.4) is 0 Å². The van der Waals surface area contributed by atoms with E-state index in [1.807, 2.05) is 5.32 Å². The van der Waals surface area contributed by atoms with Crippen molar-refractivity contribution in [3.8, 4) is 23.0 Å². The van der Waals surface area contributed by atoms with Gasteiger partial charge in [0, 0.05) is 12.3 Å². The SMILES string of the molecule is COC(=O)c1nccc(NC(=O)c2c(Oc3ccc(OC(F)(F)F)cc3OC)ccc(C(F)(F)F)c2F)n1. The van der Waals surface area contributed by atoms with Gasteiger partial charge in [0.15, 0.2) is 17.3 Å². The van der Waals surface area contributed by atoms with Crippen LogP contribution in [-0.2, 0) is 10.9 Å². The Bertz CT molecular complexity index is 1360. The fourth-order valence-corrected chi connectivity index (χ4v) is 2.92. The molecule has 9 nitrogen and oxygen atoms in total. The van der Waals surface area contributed by atoms with Crippen molar-refractivity contribution in [3.63, 3.8) is 0 Å². The number of nitrogens with one attached hydrogen (secondary N) is 1. The zero-order valence-corrected chi connectivity index (χ0v) is 19.0. The van der Waals surface area contributed by atoms with Crippen molar-refractivity contribution in [2.24, 2.45) is 0 Å². The third-order valence-electron chi connectivity index (χ3n) is 4.49. The standard InChI is InChI=1S/C22H14F7N3O6/c1-35-14-9-10(38-22(27,28)29)3-5-12(14)37-13-6-4-11(21(24,25)26)17(23)16(13)19(33)32-15-7-8-30-18(31-15)20(34)36-2/h3-9H,1-2H3,(H,30,31,32,33). The second-order valence-corrected chi connectivity index (χ2v) is 6.97. The first-order valence-electron chi connectivity index (χ1n) is 9.97. The van der Waals surface area contributed by atoms with Gasteiger partial charge in [-0.3, -0.25) is 4.79 Å². The minimum absolute atomic E-state index is 0.301. The van der Waals surface area contributed by atoms with Crippen LogP contribution in [0.2, 0.25) is 0 Å². The summed E-state index contributed by atoms with van der Waals surface area (Å²) in [5.41, 5.74) is -3.05. The van der Waals surface area contributed by atoms with Crippen LogP contribution in [0.1, 0.15) is 26.5 Å². The van der Waals surface area contributed by atoms with E-state index < -0.39 is 76.0 Å². The van der Waals surface area contributed by atoms with E-state index in [1.54, 1.807) is 0 Å². The number of hydrogen-bond acceptors (Lipinski definition) is 8. The molecule has 2 aromatic carbocycles. The minimum Gasteiger partial charge on any atom is -0.493 e. The summed E-state index contributed by atoms with van der Waals surface area (Å²) in [6.45, 7) is 0. The summed E-state index contributed by atoms with van der Waals surface area (Å²) in [6, 6.07) is 4.41. The Morgan fingerprint density at radius 2 is 1.61 bits per heavy atom. The molecule has 1 aromatic heterocycles. The third-order valence-corrected chi connectivity index (χ3v) is 4.49. The Balaban J connectivity index is 2.04. The van der Waals surface area contributed by atoms with Crippen molar-refractivity contribution in [3.05, 3.63) is 65.4 Å². The van der Waals surface area contributed by atoms with Crippen molar-refractivity contribution < 1.29 is 59.3 Å². The van der Waals surface area contributed by atoms with Crippen LogP contribution < -0.4 is 19.5 Å². The molecule has 1 amide bonds. The number of benzene rings is 2. The largest absolute Gasteiger partial charge is 0.573 e. The van der Waals surface area contributed by atoms with E-state index in [-0.39, 0.29) is 0 Å². The molecule has 38 heavy (non-hydrogen) atoms. The number of methoxy groups -OCH3 is 2. The van der Waals surface area contributed by atoms with Gasteiger partial charge in [-0.25, -0.2) is 19.2 Å².